The quantitative estimate of drug-likeness (QED) is 0.360. The first kappa shape index (κ1) is 23.2. The van der Waals surface area contributed by atoms with Gasteiger partial charge in [-0.05, 0) is 37.8 Å². The molecule has 36 heavy (non-hydrogen) atoms. The van der Waals surface area contributed by atoms with Crippen molar-refractivity contribution in [3.05, 3.63) is 35.1 Å². The molecular weight excluding hydrogens is 504 g/mol. The average Bonchev–Trinajstić information content (AvgIpc) is 3.49. The Morgan fingerprint density at radius 1 is 1.19 bits per heavy atom. The fourth-order valence-electron chi connectivity index (χ4n) is 4.81. The Labute approximate surface area is 212 Å². The van der Waals surface area contributed by atoms with Crippen LogP contribution in [0, 0.1) is 0 Å². The van der Waals surface area contributed by atoms with E-state index in [9.17, 15) is 13.2 Å². The van der Waals surface area contributed by atoms with Gasteiger partial charge in [-0.2, -0.15) is 5.10 Å². The number of hydrogen-bond donors (Lipinski definition) is 3. The molecule has 4 heterocycles. The van der Waals surface area contributed by atoms with Gasteiger partial charge in [0.1, 0.15) is 17.8 Å². The molecule has 0 radical (unpaired) electrons. The largest absolute Gasteiger partial charge is 0.383 e. The van der Waals surface area contributed by atoms with E-state index in [-0.39, 0.29) is 23.8 Å². The van der Waals surface area contributed by atoms with E-state index < -0.39 is 10.0 Å². The average molecular weight is 529 g/mol. The summed E-state index contributed by atoms with van der Waals surface area (Å²) >= 11 is 6.80. The highest BCUT2D eigenvalue weighted by molar-refractivity contribution is 7.88. The van der Waals surface area contributed by atoms with Crippen LogP contribution in [0.5, 0.6) is 0 Å². The van der Waals surface area contributed by atoms with Gasteiger partial charge in [-0.3, -0.25) is 4.79 Å². The number of nitrogens with one attached hydrogen (secondary N) is 2. The number of carbonyl (C=O) groups excluding carboxylic acids is 1. The maximum atomic E-state index is 12.5. The van der Waals surface area contributed by atoms with Crippen molar-refractivity contribution in [1.82, 2.24) is 34.4 Å². The van der Waals surface area contributed by atoms with Crippen LogP contribution in [0.1, 0.15) is 42.1 Å². The number of nitrogens with zero attached hydrogens (tertiary/aromatic N) is 5. The zero-order valence-electron chi connectivity index (χ0n) is 19.5. The third-order valence-electron chi connectivity index (χ3n) is 6.90. The van der Waals surface area contributed by atoms with E-state index in [2.05, 4.69) is 20.3 Å². The summed E-state index contributed by atoms with van der Waals surface area (Å²) < 4.78 is 27.2. The number of halogens is 1. The predicted octanol–water partition coefficient (Wildman–Crippen LogP) is 2.70. The van der Waals surface area contributed by atoms with Crippen LogP contribution >= 0.6 is 11.6 Å². The molecule has 0 atom stereocenters. The van der Waals surface area contributed by atoms with E-state index in [1.807, 2.05) is 6.07 Å². The number of aromatic nitrogens is 5. The van der Waals surface area contributed by atoms with Crippen LogP contribution in [0.25, 0.3) is 33.3 Å². The molecular formula is C23H25ClN8O3S. The van der Waals surface area contributed by atoms with Gasteiger partial charge in [-0.15, -0.1) is 0 Å². The number of anilines is 1. The minimum atomic E-state index is -3.24. The second kappa shape index (κ2) is 8.43. The molecule has 1 aliphatic heterocycles. The Hall–Kier alpha value is -3.22. The summed E-state index contributed by atoms with van der Waals surface area (Å²) in [5.41, 5.74) is 9.17. The van der Waals surface area contributed by atoms with Crippen molar-refractivity contribution in [3.63, 3.8) is 0 Å². The summed E-state index contributed by atoms with van der Waals surface area (Å²) in [5, 5.41) is 9.65. The van der Waals surface area contributed by atoms with Crippen molar-refractivity contribution in [1.29, 1.82) is 0 Å². The number of sulfonamides is 1. The van der Waals surface area contributed by atoms with Crippen molar-refractivity contribution in [3.8, 4) is 11.4 Å². The third kappa shape index (κ3) is 3.98. The Morgan fingerprint density at radius 3 is 2.64 bits per heavy atom. The van der Waals surface area contributed by atoms with Crippen LogP contribution in [0.3, 0.4) is 0 Å². The van der Waals surface area contributed by atoms with Gasteiger partial charge in [0.25, 0.3) is 5.91 Å². The standard InChI is InChI=1S/C23H25ClN8O3S/c1-36(34,35)31-8-6-14(7-9-31)32-22-17(21(25)26-11-27-22)19(30-32)20-18(24)15-5-2-12(10-16(15)29-20)23(33)28-13-3-4-13/h2,5,10-11,13-14,29H,3-4,6-9H2,1H3,(H,28,33)(H2,25,26,27). The van der Waals surface area contributed by atoms with E-state index in [4.69, 9.17) is 22.4 Å². The molecule has 1 aromatic carbocycles. The molecule has 3 aromatic heterocycles. The van der Waals surface area contributed by atoms with Crippen LogP contribution in [0.15, 0.2) is 24.5 Å². The first-order valence-electron chi connectivity index (χ1n) is 11.8. The van der Waals surface area contributed by atoms with Crippen molar-refractivity contribution < 1.29 is 13.2 Å². The first-order chi connectivity index (χ1) is 17.2. The molecule has 4 N–H and O–H groups in total. The smallest absolute Gasteiger partial charge is 0.251 e. The van der Waals surface area contributed by atoms with Gasteiger partial charge in [-0.1, -0.05) is 17.7 Å². The minimum Gasteiger partial charge on any atom is -0.383 e. The number of aromatic amines is 1. The summed E-state index contributed by atoms with van der Waals surface area (Å²) in [6, 6.07) is 5.56. The highest BCUT2D eigenvalue weighted by atomic mass is 35.5. The number of carbonyl (C=O) groups is 1. The Morgan fingerprint density at radius 2 is 1.94 bits per heavy atom. The molecule has 1 amide bonds. The van der Waals surface area contributed by atoms with Crippen LogP contribution in [0.2, 0.25) is 5.02 Å². The van der Waals surface area contributed by atoms with E-state index in [0.717, 1.165) is 18.2 Å². The number of nitrogen functional groups attached to an aromatic ring is 1. The maximum Gasteiger partial charge on any atom is 0.251 e. The predicted molar refractivity (Wildman–Crippen MR) is 137 cm³/mol. The van der Waals surface area contributed by atoms with Crippen LogP contribution in [0.4, 0.5) is 5.82 Å². The Kier molecular flexibility index (Phi) is 5.43. The Bertz CT molecular complexity index is 1620. The molecule has 1 aliphatic carbocycles. The van der Waals surface area contributed by atoms with Gasteiger partial charge in [0.05, 0.1) is 28.4 Å². The minimum absolute atomic E-state index is 0.0607. The van der Waals surface area contributed by atoms with Crippen molar-refractivity contribution in [2.75, 3.05) is 25.1 Å². The molecule has 4 aromatic rings. The number of rotatable bonds is 5. The van der Waals surface area contributed by atoms with Crippen molar-refractivity contribution in [2.45, 2.75) is 37.8 Å². The maximum absolute atomic E-state index is 12.5. The number of fused-ring (bicyclic) bond motifs is 2. The first-order valence-corrected chi connectivity index (χ1v) is 14.0. The summed E-state index contributed by atoms with van der Waals surface area (Å²) in [6.07, 6.45) is 5.82. The number of benzene rings is 1. The highest BCUT2D eigenvalue weighted by Crippen LogP contribution is 2.40. The molecule has 1 saturated carbocycles. The second-order valence-corrected chi connectivity index (χ2v) is 11.8. The van der Waals surface area contributed by atoms with Gasteiger partial charge in [-0.25, -0.2) is 27.4 Å². The lowest BCUT2D eigenvalue weighted by Crippen LogP contribution is -2.38. The molecule has 1 saturated heterocycles. The number of hydrogen-bond acceptors (Lipinski definition) is 7. The second-order valence-electron chi connectivity index (χ2n) is 9.47. The van der Waals surface area contributed by atoms with Crippen molar-refractivity contribution >= 4 is 55.3 Å². The molecule has 13 heteroatoms. The lowest BCUT2D eigenvalue weighted by molar-refractivity contribution is 0.0951. The van der Waals surface area contributed by atoms with E-state index in [0.29, 0.717) is 64.5 Å². The van der Waals surface area contributed by atoms with Gasteiger partial charge in [0.15, 0.2) is 5.65 Å². The highest BCUT2D eigenvalue weighted by Gasteiger charge is 2.30. The zero-order chi connectivity index (χ0) is 25.2. The zero-order valence-corrected chi connectivity index (χ0v) is 21.1. The van der Waals surface area contributed by atoms with Gasteiger partial charge in [0, 0.05) is 35.6 Å². The van der Waals surface area contributed by atoms with Crippen LogP contribution in [-0.4, -0.2) is 68.7 Å². The van der Waals surface area contributed by atoms with Gasteiger partial charge < -0.3 is 16.0 Å². The summed E-state index contributed by atoms with van der Waals surface area (Å²) in [4.78, 5) is 24.5. The molecule has 2 fully saturated rings. The lowest BCUT2D eigenvalue weighted by Gasteiger charge is -2.30. The van der Waals surface area contributed by atoms with E-state index in [1.165, 1.54) is 16.9 Å². The molecule has 0 unspecified atom stereocenters. The molecule has 11 nitrogen and oxygen atoms in total. The molecule has 2 aliphatic rings. The molecule has 6 rings (SSSR count). The summed E-state index contributed by atoms with van der Waals surface area (Å²) in [7, 11) is -3.24. The van der Waals surface area contributed by atoms with Gasteiger partial charge in [0.2, 0.25) is 10.0 Å². The third-order valence-corrected chi connectivity index (χ3v) is 8.60. The van der Waals surface area contributed by atoms with Crippen LogP contribution < -0.4 is 11.1 Å². The van der Waals surface area contributed by atoms with Crippen molar-refractivity contribution in [2.24, 2.45) is 0 Å². The van der Waals surface area contributed by atoms with Crippen LogP contribution in [-0.2, 0) is 10.0 Å². The van der Waals surface area contributed by atoms with E-state index >= 15 is 0 Å². The summed E-state index contributed by atoms with van der Waals surface area (Å²) in [6.45, 7) is 0.805. The molecule has 188 valence electrons. The topological polar surface area (TPSA) is 152 Å². The van der Waals surface area contributed by atoms with Gasteiger partial charge >= 0.3 is 0 Å². The number of H-pyrrole nitrogens is 1. The number of piperidine rings is 1. The molecule has 0 spiro atoms. The van der Waals surface area contributed by atoms with E-state index in [1.54, 1.807) is 16.8 Å². The Balaban J connectivity index is 1.41. The fraction of sp³-hybridized carbons (Fsp3) is 0.391. The lowest BCUT2D eigenvalue weighted by atomic mass is 10.1. The fourth-order valence-corrected chi connectivity index (χ4v) is 5.98. The number of amides is 1. The molecule has 0 bridgehead atoms. The number of nitrogens with two attached hydrogens (primary N) is 1. The summed E-state index contributed by atoms with van der Waals surface area (Å²) in [5.74, 6) is 0.161. The SMILES string of the molecule is CS(=O)(=O)N1CCC(n2nc(-c3[nH]c4cc(C(=O)NC5CC5)ccc4c3Cl)c3c(N)ncnc32)CC1. The normalized spacial score (nSPS) is 17.7. The monoisotopic (exact) mass is 528 g/mol.